The molecule has 2 aromatic heterocycles. The molecule has 7 rings (SSSR count). The van der Waals surface area contributed by atoms with Crippen molar-refractivity contribution < 1.29 is 4.74 Å². The number of benzene rings is 3. The van der Waals surface area contributed by atoms with Crippen LogP contribution in [0.1, 0.15) is 30.2 Å². The van der Waals surface area contributed by atoms with E-state index in [0.29, 0.717) is 11.1 Å². The fraction of sp³-hybridized carbons (Fsp3) is 0.154. The van der Waals surface area contributed by atoms with Crippen molar-refractivity contribution >= 4 is 43.6 Å². The van der Waals surface area contributed by atoms with E-state index in [9.17, 15) is 10.5 Å². The first-order valence-corrected chi connectivity index (χ1v) is 10.4. The van der Waals surface area contributed by atoms with Crippen LogP contribution < -0.4 is 0 Å². The molecule has 4 heterocycles. The Morgan fingerprint density at radius 2 is 1.55 bits per heavy atom. The minimum Gasteiger partial charge on any atom is -0.328 e. The van der Waals surface area contributed by atoms with Crippen LogP contribution >= 0.6 is 0 Å². The summed E-state index contributed by atoms with van der Waals surface area (Å²) in [6, 6.07) is 20.9. The summed E-state index contributed by atoms with van der Waals surface area (Å²) in [5, 5.41) is 24.0. The number of para-hydroxylation sites is 2. The van der Waals surface area contributed by atoms with Crippen LogP contribution in [-0.4, -0.2) is 9.13 Å². The van der Waals surface area contributed by atoms with Gasteiger partial charge in [-0.2, -0.15) is 10.5 Å². The molecule has 2 aliphatic heterocycles. The van der Waals surface area contributed by atoms with E-state index in [4.69, 9.17) is 4.74 Å². The van der Waals surface area contributed by atoms with Gasteiger partial charge in [0.05, 0.1) is 33.2 Å². The first-order valence-electron chi connectivity index (χ1n) is 10.4. The number of ether oxygens (including phenoxy) is 1. The van der Waals surface area contributed by atoms with Crippen molar-refractivity contribution in [3.05, 3.63) is 72.3 Å². The molecule has 0 saturated carbocycles. The van der Waals surface area contributed by atoms with Gasteiger partial charge in [-0.15, -0.1) is 0 Å². The minimum atomic E-state index is -0.694. The van der Waals surface area contributed by atoms with E-state index in [1.165, 1.54) is 0 Å². The molecule has 2 aliphatic rings. The van der Waals surface area contributed by atoms with Crippen molar-refractivity contribution in [2.45, 2.75) is 24.8 Å². The molecule has 2 bridgehead atoms. The second-order valence-electron chi connectivity index (χ2n) is 8.32. The van der Waals surface area contributed by atoms with Crippen molar-refractivity contribution in [3.8, 4) is 12.1 Å². The summed E-state index contributed by atoms with van der Waals surface area (Å²) in [4.78, 5) is 0. The normalized spacial score (nSPS) is 21.7. The molecular weight excluding hydrogens is 384 g/mol. The van der Waals surface area contributed by atoms with Gasteiger partial charge in [0.25, 0.3) is 0 Å². The first-order chi connectivity index (χ1) is 15.2. The van der Waals surface area contributed by atoms with Crippen molar-refractivity contribution in [1.29, 1.82) is 10.5 Å². The Balaban J connectivity index is 1.96. The Kier molecular flexibility index (Phi) is 2.88. The van der Waals surface area contributed by atoms with Gasteiger partial charge in [0.15, 0.2) is 5.72 Å². The largest absolute Gasteiger partial charge is 0.328 e. The predicted octanol–water partition coefficient (Wildman–Crippen LogP) is 5.81. The molecule has 5 nitrogen and oxygen atoms in total. The number of nitriles is 2. The number of fused-ring (bicyclic) bond motifs is 10. The van der Waals surface area contributed by atoms with E-state index in [0.717, 1.165) is 56.5 Å². The van der Waals surface area contributed by atoms with Crippen LogP contribution in [0.25, 0.3) is 43.6 Å². The number of hydrogen-bond donors (Lipinski definition) is 0. The van der Waals surface area contributed by atoms with E-state index in [2.05, 4.69) is 40.0 Å². The van der Waals surface area contributed by atoms with Gasteiger partial charge < -0.3 is 13.9 Å². The predicted molar refractivity (Wildman–Crippen MR) is 119 cm³/mol. The lowest BCUT2D eigenvalue weighted by molar-refractivity contribution is -0.0790. The lowest BCUT2D eigenvalue weighted by Gasteiger charge is -2.28. The standard InChI is InChI=1S/C26H16N4O/c1-2-26-12-11-21(31-26)29-19-9-5-3-7-15(19)22-17(13-27)18(14-28)23-16-8-4-6-10-20(16)30(26)25(23)24(22)29/h2-10,21H,1,11-12H2/t21-,26+/m0/s1. The summed E-state index contributed by atoms with van der Waals surface area (Å²) < 4.78 is 11.2. The second-order valence-corrected chi connectivity index (χ2v) is 8.32. The van der Waals surface area contributed by atoms with Crippen LogP contribution in [0.5, 0.6) is 0 Å². The molecule has 0 N–H and O–H groups in total. The van der Waals surface area contributed by atoms with Crippen molar-refractivity contribution in [1.82, 2.24) is 9.13 Å². The molecule has 3 aromatic carbocycles. The topological polar surface area (TPSA) is 66.7 Å². The lowest BCUT2D eigenvalue weighted by Crippen LogP contribution is -2.29. The molecule has 0 amide bonds. The third kappa shape index (κ3) is 1.68. The van der Waals surface area contributed by atoms with Crippen LogP contribution in [-0.2, 0) is 10.5 Å². The van der Waals surface area contributed by atoms with Gasteiger partial charge in [-0.1, -0.05) is 43.0 Å². The highest BCUT2D eigenvalue weighted by molar-refractivity contribution is 6.26. The van der Waals surface area contributed by atoms with Crippen LogP contribution in [0.2, 0.25) is 0 Å². The molecule has 1 fully saturated rings. The highest BCUT2D eigenvalue weighted by Gasteiger charge is 2.46. The van der Waals surface area contributed by atoms with Gasteiger partial charge in [-0.05, 0) is 24.6 Å². The van der Waals surface area contributed by atoms with Crippen LogP contribution in [0.4, 0.5) is 0 Å². The highest BCUT2D eigenvalue weighted by atomic mass is 16.5. The molecular formula is C26H16N4O. The van der Waals surface area contributed by atoms with Gasteiger partial charge in [0.1, 0.15) is 18.4 Å². The maximum atomic E-state index is 10.2. The molecule has 31 heavy (non-hydrogen) atoms. The van der Waals surface area contributed by atoms with Gasteiger partial charge in [0.2, 0.25) is 0 Å². The van der Waals surface area contributed by atoms with Crippen LogP contribution in [0.15, 0.2) is 61.2 Å². The summed E-state index contributed by atoms with van der Waals surface area (Å²) in [6.07, 6.45) is 3.37. The molecule has 0 spiro atoms. The van der Waals surface area contributed by atoms with E-state index >= 15 is 0 Å². The van der Waals surface area contributed by atoms with Gasteiger partial charge in [0, 0.05) is 28.0 Å². The van der Waals surface area contributed by atoms with Crippen molar-refractivity contribution in [3.63, 3.8) is 0 Å². The molecule has 0 radical (unpaired) electrons. The van der Waals surface area contributed by atoms with E-state index < -0.39 is 5.72 Å². The summed E-state index contributed by atoms with van der Waals surface area (Å²) in [7, 11) is 0. The number of nitrogens with zero attached hydrogens (tertiary/aromatic N) is 4. The van der Waals surface area contributed by atoms with Crippen LogP contribution in [0.3, 0.4) is 0 Å². The molecule has 2 atom stereocenters. The molecule has 0 unspecified atom stereocenters. The molecule has 5 aromatic rings. The maximum Gasteiger partial charge on any atom is 0.167 e. The minimum absolute atomic E-state index is 0.165. The summed E-state index contributed by atoms with van der Waals surface area (Å²) in [5.41, 5.74) is 4.10. The fourth-order valence-electron chi connectivity index (χ4n) is 5.90. The lowest BCUT2D eigenvalue weighted by atomic mass is 9.96. The number of aromatic nitrogens is 2. The Morgan fingerprint density at radius 3 is 2.23 bits per heavy atom. The molecule has 0 aliphatic carbocycles. The second kappa shape index (κ2) is 5.35. The zero-order valence-electron chi connectivity index (χ0n) is 16.6. The van der Waals surface area contributed by atoms with E-state index in [1.807, 2.05) is 42.5 Å². The monoisotopic (exact) mass is 400 g/mol. The molecule has 146 valence electrons. The average molecular weight is 400 g/mol. The Morgan fingerprint density at radius 1 is 0.935 bits per heavy atom. The fourth-order valence-corrected chi connectivity index (χ4v) is 5.90. The Bertz CT molecular complexity index is 1720. The average Bonchev–Trinajstić information content (AvgIpc) is 3.45. The summed E-state index contributed by atoms with van der Waals surface area (Å²) in [6.45, 7) is 4.15. The zero-order chi connectivity index (χ0) is 20.9. The Hall–Kier alpha value is -4.06. The maximum absolute atomic E-state index is 10.2. The highest BCUT2D eigenvalue weighted by Crippen LogP contribution is 2.54. The quantitative estimate of drug-likeness (QED) is 0.334. The van der Waals surface area contributed by atoms with Crippen molar-refractivity contribution in [2.75, 3.05) is 0 Å². The Labute approximate surface area is 177 Å². The third-order valence-electron chi connectivity index (χ3n) is 7.06. The van der Waals surface area contributed by atoms with Gasteiger partial charge in [-0.3, -0.25) is 0 Å². The zero-order valence-corrected chi connectivity index (χ0v) is 16.6. The van der Waals surface area contributed by atoms with E-state index in [1.54, 1.807) is 0 Å². The van der Waals surface area contributed by atoms with Gasteiger partial charge in [-0.25, -0.2) is 0 Å². The third-order valence-corrected chi connectivity index (χ3v) is 7.06. The van der Waals surface area contributed by atoms with E-state index in [-0.39, 0.29) is 6.23 Å². The SMILES string of the molecule is C=C[C@]12CC[C@H](O1)n1c3ccccc3c3c(C#N)c(C#N)c4c5ccccc5n2c4c31. The van der Waals surface area contributed by atoms with Crippen molar-refractivity contribution in [2.24, 2.45) is 0 Å². The summed E-state index contributed by atoms with van der Waals surface area (Å²) >= 11 is 0. The first kappa shape index (κ1) is 16.7. The van der Waals surface area contributed by atoms with Crippen LogP contribution in [0, 0.1) is 22.7 Å². The van der Waals surface area contributed by atoms with Gasteiger partial charge >= 0.3 is 0 Å². The number of rotatable bonds is 1. The molecule has 5 heteroatoms. The summed E-state index contributed by atoms with van der Waals surface area (Å²) in [5.74, 6) is 0. The smallest absolute Gasteiger partial charge is 0.167 e. The molecule has 1 saturated heterocycles. The number of hydrogen-bond acceptors (Lipinski definition) is 3.